The first-order chi connectivity index (χ1) is 10.4. The molecule has 1 saturated heterocycles. The minimum atomic E-state index is -0.388. The lowest BCUT2D eigenvalue weighted by molar-refractivity contribution is -0.158. The van der Waals surface area contributed by atoms with E-state index in [1.165, 1.54) is 27.7 Å². The second kappa shape index (κ2) is 5.20. The standard InChI is InChI=1S/C14H19N5O3/c1-10-7-17(9-14(2,3)22-10)12(20)8-19-13(21)18-5-4-15-6-11(18)16-19/h4-6,10H,7-9H2,1-3H3. The third kappa shape index (κ3) is 2.74. The van der Waals surface area contributed by atoms with Crippen molar-refractivity contribution >= 4 is 11.6 Å². The minimum absolute atomic E-state index is 0.0327. The lowest BCUT2D eigenvalue weighted by Gasteiger charge is -2.41. The first-order valence-corrected chi connectivity index (χ1v) is 7.20. The summed E-state index contributed by atoms with van der Waals surface area (Å²) in [6.45, 7) is 6.77. The Morgan fingerprint density at radius 1 is 1.50 bits per heavy atom. The molecule has 3 rings (SSSR count). The van der Waals surface area contributed by atoms with Crippen molar-refractivity contribution in [3.8, 4) is 0 Å². The highest BCUT2D eigenvalue weighted by Gasteiger charge is 2.33. The van der Waals surface area contributed by atoms with E-state index in [0.717, 1.165) is 0 Å². The van der Waals surface area contributed by atoms with Gasteiger partial charge in [-0.15, -0.1) is 5.10 Å². The number of rotatable bonds is 2. The van der Waals surface area contributed by atoms with Crippen molar-refractivity contribution in [3.05, 3.63) is 29.1 Å². The number of hydrogen-bond acceptors (Lipinski definition) is 5. The molecular formula is C14H19N5O3. The summed E-state index contributed by atoms with van der Waals surface area (Å²) < 4.78 is 8.33. The van der Waals surface area contributed by atoms with E-state index in [1.54, 1.807) is 4.90 Å². The van der Waals surface area contributed by atoms with Crippen molar-refractivity contribution in [1.29, 1.82) is 0 Å². The Balaban J connectivity index is 1.81. The summed E-state index contributed by atoms with van der Waals surface area (Å²) in [6, 6.07) is 0. The number of morpholine rings is 1. The molecule has 0 bridgehead atoms. The number of hydrogen-bond donors (Lipinski definition) is 0. The lowest BCUT2D eigenvalue weighted by atomic mass is 10.1. The SMILES string of the molecule is CC1CN(C(=O)Cn2nc3cnccn3c2=O)CC(C)(C)O1. The quantitative estimate of drug-likeness (QED) is 0.775. The van der Waals surface area contributed by atoms with Crippen LogP contribution in [0.5, 0.6) is 0 Å². The van der Waals surface area contributed by atoms with Crippen LogP contribution in [0.3, 0.4) is 0 Å². The van der Waals surface area contributed by atoms with Gasteiger partial charge in [-0.3, -0.25) is 9.78 Å². The van der Waals surface area contributed by atoms with Crippen LogP contribution in [0.15, 0.2) is 23.4 Å². The van der Waals surface area contributed by atoms with Crippen molar-refractivity contribution in [2.75, 3.05) is 13.1 Å². The van der Waals surface area contributed by atoms with Crippen LogP contribution < -0.4 is 5.69 Å². The molecule has 1 amide bonds. The van der Waals surface area contributed by atoms with Crippen molar-refractivity contribution in [2.45, 2.75) is 39.0 Å². The van der Waals surface area contributed by atoms with Crippen LogP contribution in [0, 0.1) is 0 Å². The zero-order valence-corrected chi connectivity index (χ0v) is 12.9. The summed E-state index contributed by atoms with van der Waals surface area (Å²) in [5.74, 6) is -0.137. The zero-order chi connectivity index (χ0) is 15.9. The third-order valence-electron chi connectivity index (χ3n) is 3.60. The van der Waals surface area contributed by atoms with Gasteiger partial charge >= 0.3 is 5.69 Å². The van der Waals surface area contributed by atoms with Gasteiger partial charge in [-0.2, -0.15) is 0 Å². The van der Waals surface area contributed by atoms with Gasteiger partial charge in [0.1, 0.15) is 6.54 Å². The molecule has 2 aromatic heterocycles. The molecule has 118 valence electrons. The lowest BCUT2D eigenvalue weighted by Crippen LogP contribution is -2.54. The Labute approximate surface area is 127 Å². The summed E-state index contributed by atoms with van der Waals surface area (Å²) in [6.07, 6.45) is 4.50. The number of ether oxygens (including phenoxy) is 1. The molecule has 1 atom stereocenters. The van der Waals surface area contributed by atoms with E-state index < -0.39 is 0 Å². The molecule has 3 heterocycles. The van der Waals surface area contributed by atoms with Crippen molar-refractivity contribution in [1.82, 2.24) is 24.1 Å². The van der Waals surface area contributed by atoms with E-state index in [4.69, 9.17) is 4.74 Å². The predicted octanol–water partition coefficient (Wildman–Crippen LogP) is -0.0831. The van der Waals surface area contributed by atoms with Gasteiger partial charge in [0, 0.05) is 25.5 Å². The molecule has 0 saturated carbocycles. The van der Waals surface area contributed by atoms with Crippen LogP contribution in [0.2, 0.25) is 0 Å². The Morgan fingerprint density at radius 3 is 2.95 bits per heavy atom. The van der Waals surface area contributed by atoms with Crippen LogP contribution in [0.1, 0.15) is 20.8 Å². The number of nitrogens with zero attached hydrogens (tertiary/aromatic N) is 5. The molecule has 1 aliphatic rings. The maximum Gasteiger partial charge on any atom is 0.350 e. The van der Waals surface area contributed by atoms with Gasteiger partial charge < -0.3 is 9.64 Å². The smallest absolute Gasteiger partial charge is 0.350 e. The average molecular weight is 305 g/mol. The van der Waals surface area contributed by atoms with Gasteiger partial charge in [0.25, 0.3) is 0 Å². The summed E-state index contributed by atoms with van der Waals surface area (Å²) in [7, 11) is 0. The van der Waals surface area contributed by atoms with Gasteiger partial charge in [-0.25, -0.2) is 13.9 Å². The number of carbonyl (C=O) groups is 1. The monoisotopic (exact) mass is 305 g/mol. The van der Waals surface area contributed by atoms with E-state index in [2.05, 4.69) is 10.1 Å². The fourth-order valence-corrected chi connectivity index (χ4v) is 2.85. The van der Waals surface area contributed by atoms with E-state index >= 15 is 0 Å². The molecule has 1 aliphatic heterocycles. The average Bonchev–Trinajstić information content (AvgIpc) is 2.74. The topological polar surface area (TPSA) is 81.7 Å². The predicted molar refractivity (Wildman–Crippen MR) is 78.5 cm³/mol. The zero-order valence-electron chi connectivity index (χ0n) is 12.9. The minimum Gasteiger partial charge on any atom is -0.369 e. The molecule has 8 nitrogen and oxygen atoms in total. The highest BCUT2D eigenvalue weighted by molar-refractivity contribution is 5.76. The molecule has 0 aromatic carbocycles. The van der Waals surface area contributed by atoms with Crippen molar-refractivity contribution < 1.29 is 9.53 Å². The fourth-order valence-electron chi connectivity index (χ4n) is 2.85. The normalized spacial score (nSPS) is 21.2. The van der Waals surface area contributed by atoms with Gasteiger partial charge in [0.2, 0.25) is 5.91 Å². The van der Waals surface area contributed by atoms with E-state index in [9.17, 15) is 9.59 Å². The van der Waals surface area contributed by atoms with Crippen LogP contribution in [-0.2, 0) is 16.1 Å². The summed E-state index contributed by atoms with van der Waals surface area (Å²) in [5, 5.41) is 4.13. The Morgan fingerprint density at radius 2 is 2.27 bits per heavy atom. The number of carbonyl (C=O) groups excluding carboxylic acids is 1. The van der Waals surface area contributed by atoms with Crippen LogP contribution in [0.4, 0.5) is 0 Å². The van der Waals surface area contributed by atoms with Crippen molar-refractivity contribution in [2.24, 2.45) is 0 Å². The largest absolute Gasteiger partial charge is 0.369 e. The second-order valence-electron chi connectivity index (χ2n) is 6.21. The Hall–Kier alpha value is -2.22. The number of aromatic nitrogens is 4. The van der Waals surface area contributed by atoms with Crippen molar-refractivity contribution in [3.63, 3.8) is 0 Å². The van der Waals surface area contributed by atoms with Gasteiger partial charge in [-0.1, -0.05) is 0 Å². The van der Waals surface area contributed by atoms with E-state index in [1.807, 2.05) is 20.8 Å². The fraction of sp³-hybridized carbons (Fsp3) is 0.571. The first-order valence-electron chi connectivity index (χ1n) is 7.20. The second-order valence-corrected chi connectivity index (χ2v) is 6.21. The molecule has 22 heavy (non-hydrogen) atoms. The van der Waals surface area contributed by atoms with Gasteiger partial charge in [-0.05, 0) is 20.8 Å². The molecule has 1 fully saturated rings. The highest BCUT2D eigenvalue weighted by atomic mass is 16.5. The third-order valence-corrected chi connectivity index (χ3v) is 3.60. The van der Waals surface area contributed by atoms with Gasteiger partial charge in [0.15, 0.2) is 5.65 Å². The molecule has 2 aromatic rings. The summed E-state index contributed by atoms with van der Waals surface area (Å²) in [5.41, 5.74) is -0.302. The summed E-state index contributed by atoms with van der Waals surface area (Å²) >= 11 is 0. The highest BCUT2D eigenvalue weighted by Crippen LogP contribution is 2.20. The Bertz CT molecular complexity index is 763. The maximum atomic E-state index is 12.5. The molecule has 8 heteroatoms. The first kappa shape index (κ1) is 14.7. The molecular weight excluding hydrogens is 286 g/mol. The Kier molecular flexibility index (Phi) is 3.48. The number of amides is 1. The molecule has 0 aliphatic carbocycles. The summed E-state index contributed by atoms with van der Waals surface area (Å²) in [4.78, 5) is 30.3. The molecule has 1 unspecified atom stereocenters. The maximum absolute atomic E-state index is 12.5. The molecule has 0 N–H and O–H groups in total. The molecule has 0 spiro atoms. The molecule has 0 radical (unpaired) electrons. The van der Waals surface area contributed by atoms with Crippen LogP contribution >= 0.6 is 0 Å². The van der Waals surface area contributed by atoms with Gasteiger partial charge in [0.05, 0.1) is 17.9 Å². The van der Waals surface area contributed by atoms with Crippen LogP contribution in [-0.4, -0.2) is 54.8 Å². The van der Waals surface area contributed by atoms with Crippen LogP contribution in [0.25, 0.3) is 5.65 Å². The van der Waals surface area contributed by atoms with E-state index in [0.29, 0.717) is 18.7 Å². The van der Waals surface area contributed by atoms with E-state index in [-0.39, 0.29) is 29.8 Å². The number of fused-ring (bicyclic) bond motifs is 1.